The largest absolute Gasteiger partial charge is 0.395 e. The van der Waals surface area contributed by atoms with E-state index in [2.05, 4.69) is 67.9 Å². The SMILES string of the molecule is CCCCCCCN(CCN1CCN(CCO)CC1)C(=O)Nc1c(C(C)C)cccc1C(C)C. The van der Waals surface area contributed by atoms with E-state index in [1.54, 1.807) is 0 Å². The molecule has 1 aliphatic heterocycles. The van der Waals surface area contributed by atoms with Gasteiger partial charge >= 0.3 is 6.03 Å². The van der Waals surface area contributed by atoms with Gasteiger partial charge in [0, 0.05) is 58.0 Å². The summed E-state index contributed by atoms with van der Waals surface area (Å²) in [6.07, 6.45) is 5.98. The van der Waals surface area contributed by atoms with Crippen LogP contribution in [-0.2, 0) is 0 Å². The molecule has 0 unspecified atom stereocenters. The lowest BCUT2D eigenvalue weighted by atomic mass is 9.93. The number of β-amino-alcohol motifs (C(OH)–C–C–N with tert-alkyl or cyclic N) is 1. The molecule has 0 bridgehead atoms. The molecule has 1 fully saturated rings. The van der Waals surface area contributed by atoms with Crippen LogP contribution < -0.4 is 5.32 Å². The lowest BCUT2D eigenvalue weighted by Crippen LogP contribution is -2.50. The smallest absolute Gasteiger partial charge is 0.321 e. The third-order valence-corrected chi connectivity index (χ3v) is 6.99. The van der Waals surface area contributed by atoms with Crippen LogP contribution in [0.4, 0.5) is 10.5 Å². The van der Waals surface area contributed by atoms with Crippen LogP contribution >= 0.6 is 0 Å². The Bertz CT molecular complexity index is 688. The molecule has 34 heavy (non-hydrogen) atoms. The van der Waals surface area contributed by atoms with Gasteiger partial charge in [0.25, 0.3) is 0 Å². The molecule has 6 heteroatoms. The van der Waals surface area contributed by atoms with E-state index in [1.807, 2.05) is 4.90 Å². The van der Waals surface area contributed by atoms with Gasteiger partial charge in [0.1, 0.15) is 0 Å². The summed E-state index contributed by atoms with van der Waals surface area (Å²) in [5, 5.41) is 12.5. The summed E-state index contributed by atoms with van der Waals surface area (Å²) in [5.74, 6) is 0.707. The zero-order valence-electron chi connectivity index (χ0n) is 22.5. The number of aliphatic hydroxyl groups excluding tert-OH is 1. The van der Waals surface area contributed by atoms with E-state index in [9.17, 15) is 9.90 Å². The second kappa shape index (κ2) is 15.4. The summed E-state index contributed by atoms with van der Waals surface area (Å²) in [6, 6.07) is 6.44. The average Bonchev–Trinajstić information content (AvgIpc) is 2.81. The van der Waals surface area contributed by atoms with Crippen LogP contribution in [0.25, 0.3) is 0 Å². The predicted molar refractivity (Wildman–Crippen MR) is 144 cm³/mol. The fourth-order valence-electron chi connectivity index (χ4n) is 4.74. The van der Waals surface area contributed by atoms with E-state index >= 15 is 0 Å². The fraction of sp³-hybridized carbons (Fsp3) is 0.750. The first kappa shape index (κ1) is 28.6. The summed E-state index contributed by atoms with van der Waals surface area (Å²) < 4.78 is 0. The maximum atomic E-state index is 13.6. The van der Waals surface area contributed by atoms with Crippen molar-refractivity contribution in [1.82, 2.24) is 14.7 Å². The second-order valence-electron chi connectivity index (χ2n) is 10.4. The van der Waals surface area contributed by atoms with Gasteiger partial charge in [-0.2, -0.15) is 0 Å². The zero-order chi connectivity index (χ0) is 24.9. The number of benzene rings is 1. The zero-order valence-corrected chi connectivity index (χ0v) is 22.5. The lowest BCUT2D eigenvalue weighted by Gasteiger charge is -2.35. The Morgan fingerprint density at radius 1 is 0.912 bits per heavy atom. The number of piperazine rings is 1. The number of rotatable bonds is 14. The van der Waals surface area contributed by atoms with E-state index in [1.165, 1.54) is 36.8 Å². The molecule has 0 radical (unpaired) electrons. The monoisotopic (exact) mass is 474 g/mol. The van der Waals surface area contributed by atoms with Crippen LogP contribution in [0.15, 0.2) is 18.2 Å². The van der Waals surface area contributed by atoms with Crippen LogP contribution in [0.3, 0.4) is 0 Å². The highest BCUT2D eigenvalue weighted by molar-refractivity contribution is 5.91. The molecule has 194 valence electrons. The Kier molecular flexibility index (Phi) is 12.9. The second-order valence-corrected chi connectivity index (χ2v) is 10.4. The molecule has 1 saturated heterocycles. The number of nitrogens with zero attached hydrogens (tertiary/aromatic N) is 3. The average molecular weight is 475 g/mol. The van der Waals surface area contributed by atoms with E-state index in [0.29, 0.717) is 11.8 Å². The number of hydrogen-bond donors (Lipinski definition) is 2. The number of para-hydroxylation sites is 1. The van der Waals surface area contributed by atoms with E-state index in [-0.39, 0.29) is 12.6 Å². The van der Waals surface area contributed by atoms with Crippen LogP contribution in [0.5, 0.6) is 0 Å². The van der Waals surface area contributed by atoms with Crippen LogP contribution in [0, 0.1) is 0 Å². The first-order chi connectivity index (χ1) is 16.4. The van der Waals surface area contributed by atoms with E-state index in [0.717, 1.165) is 64.5 Å². The Balaban J connectivity index is 2.06. The van der Waals surface area contributed by atoms with Crippen molar-refractivity contribution in [2.75, 3.05) is 64.3 Å². The quantitative estimate of drug-likeness (QED) is 0.357. The lowest BCUT2D eigenvalue weighted by molar-refractivity contribution is 0.106. The third kappa shape index (κ3) is 9.20. The molecule has 0 saturated carbocycles. The summed E-state index contributed by atoms with van der Waals surface area (Å²) in [4.78, 5) is 20.3. The molecule has 1 aliphatic rings. The van der Waals surface area contributed by atoms with Gasteiger partial charge < -0.3 is 15.3 Å². The standard InChI is InChI=1S/C28H50N4O2/c1-6-7-8-9-10-14-32(20-19-30-15-17-31(18-16-30)21-22-33)28(34)29-27-25(23(2)3)12-11-13-26(27)24(4)5/h11-13,23-24,33H,6-10,14-22H2,1-5H3,(H,29,34). The van der Waals surface area contributed by atoms with Crippen molar-refractivity contribution in [2.24, 2.45) is 0 Å². The Labute approximate surface area is 208 Å². The van der Waals surface area contributed by atoms with Gasteiger partial charge in [-0.15, -0.1) is 0 Å². The predicted octanol–water partition coefficient (Wildman–Crippen LogP) is 5.35. The molecule has 0 aliphatic carbocycles. The van der Waals surface area contributed by atoms with Crippen molar-refractivity contribution in [3.63, 3.8) is 0 Å². The highest BCUT2D eigenvalue weighted by atomic mass is 16.3. The van der Waals surface area contributed by atoms with Crippen molar-refractivity contribution in [2.45, 2.75) is 78.6 Å². The molecule has 0 spiro atoms. The van der Waals surface area contributed by atoms with E-state index in [4.69, 9.17) is 0 Å². The number of anilines is 1. The minimum atomic E-state index is 0.0319. The molecule has 2 N–H and O–H groups in total. The molecule has 1 aromatic carbocycles. The normalized spacial score (nSPS) is 15.3. The van der Waals surface area contributed by atoms with Crippen molar-refractivity contribution >= 4 is 11.7 Å². The topological polar surface area (TPSA) is 59.1 Å². The van der Waals surface area contributed by atoms with Gasteiger partial charge in [0.15, 0.2) is 0 Å². The van der Waals surface area contributed by atoms with Crippen molar-refractivity contribution < 1.29 is 9.90 Å². The maximum Gasteiger partial charge on any atom is 0.321 e. The van der Waals surface area contributed by atoms with E-state index < -0.39 is 0 Å². The Hall–Kier alpha value is -1.63. The van der Waals surface area contributed by atoms with Crippen molar-refractivity contribution in [3.05, 3.63) is 29.3 Å². The number of carbonyl (C=O) groups excluding carboxylic acids is 1. The molecule has 0 aromatic heterocycles. The minimum absolute atomic E-state index is 0.0319. The highest BCUT2D eigenvalue weighted by Gasteiger charge is 2.21. The first-order valence-electron chi connectivity index (χ1n) is 13.6. The summed E-state index contributed by atoms with van der Waals surface area (Å²) in [7, 11) is 0. The van der Waals surface area contributed by atoms with Gasteiger partial charge in [0.05, 0.1) is 6.61 Å². The minimum Gasteiger partial charge on any atom is -0.395 e. The Morgan fingerprint density at radius 2 is 1.47 bits per heavy atom. The first-order valence-corrected chi connectivity index (χ1v) is 13.6. The summed E-state index contributed by atoms with van der Waals surface area (Å²) >= 11 is 0. The Morgan fingerprint density at radius 3 is 2.00 bits per heavy atom. The molecule has 2 rings (SSSR count). The number of carbonyl (C=O) groups is 1. The van der Waals surface area contributed by atoms with Crippen LogP contribution in [0.2, 0.25) is 0 Å². The fourth-order valence-corrected chi connectivity index (χ4v) is 4.74. The molecular weight excluding hydrogens is 424 g/mol. The number of unbranched alkanes of at least 4 members (excludes halogenated alkanes) is 4. The molecular formula is C28H50N4O2. The molecule has 1 heterocycles. The van der Waals surface area contributed by atoms with Crippen molar-refractivity contribution in [3.8, 4) is 0 Å². The third-order valence-electron chi connectivity index (χ3n) is 6.99. The van der Waals surface area contributed by atoms with Gasteiger partial charge in [-0.1, -0.05) is 78.5 Å². The number of urea groups is 1. The van der Waals surface area contributed by atoms with Crippen LogP contribution in [0.1, 0.15) is 89.7 Å². The molecule has 0 atom stereocenters. The number of hydrogen-bond acceptors (Lipinski definition) is 4. The number of nitrogens with one attached hydrogen (secondary N) is 1. The molecule has 2 amide bonds. The number of amides is 2. The molecule has 6 nitrogen and oxygen atoms in total. The van der Waals surface area contributed by atoms with Gasteiger partial charge in [-0.3, -0.25) is 9.80 Å². The molecule has 1 aromatic rings. The summed E-state index contributed by atoms with van der Waals surface area (Å²) in [5.41, 5.74) is 3.43. The van der Waals surface area contributed by atoms with Crippen LogP contribution in [-0.4, -0.2) is 84.8 Å². The van der Waals surface area contributed by atoms with Gasteiger partial charge in [-0.25, -0.2) is 4.79 Å². The number of aliphatic hydroxyl groups is 1. The summed E-state index contributed by atoms with van der Waals surface area (Å²) in [6.45, 7) is 18.4. The maximum absolute atomic E-state index is 13.6. The van der Waals surface area contributed by atoms with Crippen molar-refractivity contribution in [1.29, 1.82) is 0 Å². The van der Waals surface area contributed by atoms with Gasteiger partial charge in [-0.05, 0) is 29.4 Å². The highest BCUT2D eigenvalue weighted by Crippen LogP contribution is 2.32. The van der Waals surface area contributed by atoms with Gasteiger partial charge in [0.2, 0.25) is 0 Å².